The fraction of sp³-hybridized carbons (Fsp3) is 0.371. The molecule has 2 aromatic carbocycles. The molecule has 3 heterocycles. The van der Waals surface area contributed by atoms with Crippen molar-refractivity contribution in [1.82, 2.24) is 40.9 Å². The first-order valence-electron chi connectivity index (χ1n) is 16.3. The maximum absolute atomic E-state index is 13.8. The molecular formula is C35H40N8O5. The van der Waals surface area contributed by atoms with Gasteiger partial charge in [-0.1, -0.05) is 65.8 Å². The molecule has 0 saturated heterocycles. The highest BCUT2D eigenvalue weighted by Gasteiger charge is 2.30. The second kappa shape index (κ2) is 15.1. The summed E-state index contributed by atoms with van der Waals surface area (Å²) in [7, 11) is 0. The van der Waals surface area contributed by atoms with Crippen LogP contribution in [0, 0.1) is 0 Å². The highest BCUT2D eigenvalue weighted by molar-refractivity contribution is 5.97. The lowest BCUT2D eigenvalue weighted by molar-refractivity contribution is -0.132. The number of hydrogen-bond acceptors (Lipinski definition) is 8. The summed E-state index contributed by atoms with van der Waals surface area (Å²) in [6.45, 7) is 3.01. The molecule has 2 aromatic heterocycles. The summed E-state index contributed by atoms with van der Waals surface area (Å²) in [6, 6.07) is 17.8. The van der Waals surface area contributed by atoms with E-state index in [4.69, 9.17) is 4.52 Å². The van der Waals surface area contributed by atoms with Crippen molar-refractivity contribution >= 4 is 23.6 Å². The van der Waals surface area contributed by atoms with Crippen LogP contribution in [0.3, 0.4) is 0 Å². The molecule has 2 bridgehead atoms. The molecule has 13 nitrogen and oxygen atoms in total. The van der Waals surface area contributed by atoms with E-state index in [0.29, 0.717) is 31.4 Å². The molecule has 4 N–H and O–H groups in total. The van der Waals surface area contributed by atoms with Crippen LogP contribution in [-0.4, -0.2) is 74.5 Å². The van der Waals surface area contributed by atoms with Crippen LogP contribution in [0.2, 0.25) is 0 Å². The second-order valence-electron chi connectivity index (χ2n) is 12.4. The number of benzene rings is 2. The van der Waals surface area contributed by atoms with Gasteiger partial charge in [-0.05, 0) is 30.9 Å². The van der Waals surface area contributed by atoms with Crippen LogP contribution >= 0.6 is 0 Å². The molecule has 1 aliphatic carbocycles. The maximum atomic E-state index is 13.8. The summed E-state index contributed by atoms with van der Waals surface area (Å²) >= 11 is 0. The molecule has 0 radical (unpaired) electrons. The predicted molar refractivity (Wildman–Crippen MR) is 175 cm³/mol. The molecule has 1 fully saturated rings. The van der Waals surface area contributed by atoms with E-state index in [1.165, 1.54) is 6.92 Å². The summed E-state index contributed by atoms with van der Waals surface area (Å²) in [5.74, 6) is -0.666. The Bertz CT molecular complexity index is 1720. The summed E-state index contributed by atoms with van der Waals surface area (Å²) in [5.41, 5.74) is 1.72. The monoisotopic (exact) mass is 652 g/mol. The van der Waals surface area contributed by atoms with Crippen molar-refractivity contribution in [2.75, 3.05) is 13.1 Å². The molecule has 4 amide bonds. The van der Waals surface area contributed by atoms with Crippen LogP contribution in [-0.2, 0) is 40.3 Å². The van der Waals surface area contributed by atoms with Gasteiger partial charge in [0.1, 0.15) is 23.9 Å². The summed E-state index contributed by atoms with van der Waals surface area (Å²) in [6.07, 6.45) is 6.41. The molecule has 3 atom stereocenters. The van der Waals surface area contributed by atoms with Gasteiger partial charge in [-0.2, -0.15) is 0 Å². The third kappa shape index (κ3) is 8.53. The highest BCUT2D eigenvalue weighted by atomic mass is 16.5. The molecule has 1 saturated carbocycles. The number of carbonyl (C=O) groups excluding carboxylic acids is 4. The van der Waals surface area contributed by atoms with E-state index in [1.54, 1.807) is 12.3 Å². The van der Waals surface area contributed by atoms with Gasteiger partial charge in [-0.3, -0.25) is 24.1 Å². The number of hydrogen-bond donors (Lipinski definition) is 4. The second-order valence-corrected chi connectivity index (χ2v) is 12.4. The zero-order valence-corrected chi connectivity index (χ0v) is 26.8. The number of carbonyl (C=O) groups is 4. The van der Waals surface area contributed by atoms with Crippen molar-refractivity contribution in [1.29, 1.82) is 0 Å². The standard InChI is InChI=1S/C35H40N8O5/c1-23-32(44)39-29(19-25-10-6-3-7-11-25)34(46)40-28(18-24-8-4-2-5-9-24)33(45)37-14-16-42(21-27-20-30(41-48-27)35(47)38-23)22-31-36-15-17-43(31)26-12-13-26/h2-11,15,17,20,23,26,28-29H,12-14,16,18-19,21-22H2,1H3,(H,37,45)(H,38,47)(H,39,44)(H,40,46)/t23-,28+,29-/m0/s1. The van der Waals surface area contributed by atoms with Gasteiger partial charge < -0.3 is 30.4 Å². The van der Waals surface area contributed by atoms with Crippen molar-refractivity contribution < 1.29 is 23.7 Å². The van der Waals surface area contributed by atoms with Gasteiger partial charge >= 0.3 is 0 Å². The minimum Gasteiger partial charge on any atom is -0.359 e. The molecule has 13 heteroatoms. The van der Waals surface area contributed by atoms with Gasteiger partial charge in [0.25, 0.3) is 5.91 Å². The van der Waals surface area contributed by atoms with Gasteiger partial charge in [-0.25, -0.2) is 4.98 Å². The quantitative estimate of drug-likeness (QED) is 0.235. The molecule has 4 aromatic rings. The van der Waals surface area contributed by atoms with Gasteiger partial charge in [0.05, 0.1) is 13.1 Å². The van der Waals surface area contributed by atoms with Crippen LogP contribution in [0.4, 0.5) is 0 Å². The van der Waals surface area contributed by atoms with Crippen LogP contribution in [0.5, 0.6) is 0 Å². The van der Waals surface area contributed by atoms with Crippen molar-refractivity contribution in [3.05, 3.63) is 108 Å². The van der Waals surface area contributed by atoms with Crippen LogP contribution in [0.1, 0.15) is 59.0 Å². The topological polar surface area (TPSA) is 163 Å². The third-order valence-electron chi connectivity index (χ3n) is 8.52. The molecule has 0 unspecified atom stereocenters. The first-order chi connectivity index (χ1) is 23.3. The Balaban J connectivity index is 1.27. The van der Waals surface area contributed by atoms with E-state index in [9.17, 15) is 19.2 Å². The van der Waals surface area contributed by atoms with Crippen molar-refractivity contribution in [2.24, 2.45) is 0 Å². The Kier molecular flexibility index (Phi) is 10.2. The molecular weight excluding hydrogens is 612 g/mol. The van der Waals surface area contributed by atoms with E-state index in [2.05, 4.69) is 40.9 Å². The fourth-order valence-electron chi connectivity index (χ4n) is 5.76. The lowest BCUT2D eigenvalue weighted by Crippen LogP contribution is -2.57. The first kappa shape index (κ1) is 32.6. The smallest absolute Gasteiger partial charge is 0.274 e. The lowest BCUT2D eigenvalue weighted by atomic mass is 10.0. The van der Waals surface area contributed by atoms with Crippen molar-refractivity contribution in [2.45, 2.75) is 69.9 Å². The first-order valence-corrected chi connectivity index (χ1v) is 16.3. The van der Waals surface area contributed by atoms with E-state index in [-0.39, 0.29) is 31.0 Å². The Labute approximate surface area is 278 Å². The molecule has 6 rings (SSSR count). The highest BCUT2D eigenvalue weighted by Crippen LogP contribution is 2.35. The summed E-state index contributed by atoms with van der Waals surface area (Å²) < 4.78 is 7.71. The van der Waals surface area contributed by atoms with Gasteiger partial charge in [0.2, 0.25) is 17.7 Å². The fourth-order valence-corrected chi connectivity index (χ4v) is 5.76. The molecule has 1 aliphatic heterocycles. The zero-order chi connectivity index (χ0) is 33.5. The maximum Gasteiger partial charge on any atom is 0.274 e. The minimum absolute atomic E-state index is 0.0285. The van der Waals surface area contributed by atoms with Gasteiger partial charge in [-0.15, -0.1) is 0 Å². The Morgan fingerprint density at radius 2 is 1.48 bits per heavy atom. The number of amides is 4. The van der Waals surface area contributed by atoms with E-state index >= 15 is 0 Å². The number of nitrogens with zero attached hydrogens (tertiary/aromatic N) is 4. The van der Waals surface area contributed by atoms with E-state index < -0.39 is 35.8 Å². The summed E-state index contributed by atoms with van der Waals surface area (Å²) in [4.78, 5) is 60.6. The number of aromatic nitrogens is 3. The van der Waals surface area contributed by atoms with Crippen LogP contribution < -0.4 is 21.3 Å². The Hall–Kier alpha value is -5.30. The lowest BCUT2D eigenvalue weighted by Gasteiger charge is -2.25. The van der Waals surface area contributed by atoms with Crippen molar-refractivity contribution in [3.8, 4) is 0 Å². The zero-order valence-electron chi connectivity index (χ0n) is 26.8. The molecule has 2 aliphatic rings. The normalized spacial score (nSPS) is 21.7. The molecule has 250 valence electrons. The minimum atomic E-state index is -1.02. The average molecular weight is 653 g/mol. The van der Waals surface area contributed by atoms with Gasteiger partial charge in [0, 0.05) is 50.4 Å². The van der Waals surface area contributed by atoms with E-state index in [0.717, 1.165) is 29.8 Å². The SMILES string of the molecule is C[C@@H]1NC(=O)c2cc(on2)CN(Cc2nccn2C2CC2)CCNC(=O)[C@@H](Cc2ccccc2)NC(=O)[C@H](Cc2ccccc2)NC1=O. The van der Waals surface area contributed by atoms with E-state index in [1.807, 2.05) is 66.9 Å². The van der Waals surface area contributed by atoms with Gasteiger partial charge in [0.15, 0.2) is 11.5 Å². The number of nitrogens with one attached hydrogen (secondary N) is 4. The number of rotatable bonds is 7. The van der Waals surface area contributed by atoms with Crippen LogP contribution in [0.15, 0.2) is 83.6 Å². The Morgan fingerprint density at radius 3 is 2.15 bits per heavy atom. The third-order valence-corrected chi connectivity index (χ3v) is 8.52. The number of imidazole rings is 1. The molecule has 0 spiro atoms. The summed E-state index contributed by atoms with van der Waals surface area (Å²) in [5, 5.41) is 15.3. The largest absolute Gasteiger partial charge is 0.359 e. The predicted octanol–water partition coefficient (Wildman–Crippen LogP) is 1.91. The molecule has 48 heavy (non-hydrogen) atoms. The Morgan fingerprint density at radius 1 is 0.833 bits per heavy atom. The van der Waals surface area contributed by atoms with Crippen LogP contribution in [0.25, 0.3) is 0 Å². The average Bonchev–Trinajstić information content (AvgIpc) is 3.64. The van der Waals surface area contributed by atoms with Crippen molar-refractivity contribution in [3.63, 3.8) is 0 Å². The number of fused-ring (bicyclic) bond motifs is 2.